The van der Waals surface area contributed by atoms with Crippen LogP contribution in [0.25, 0.3) is 0 Å². The third-order valence-corrected chi connectivity index (χ3v) is 6.02. The Morgan fingerprint density at radius 2 is 1.96 bits per heavy atom. The molecule has 2 N–H and O–H groups in total. The molecule has 0 aliphatic carbocycles. The lowest BCUT2D eigenvalue weighted by Crippen LogP contribution is -2.31. The molecule has 1 heterocycles. The first-order valence-corrected chi connectivity index (χ1v) is 10.0. The first-order chi connectivity index (χ1) is 11.8. The molecular formula is C17H27N3O4S. The number of amides is 2. The van der Waals surface area contributed by atoms with Gasteiger partial charge >= 0.3 is 6.03 Å². The molecule has 7 nitrogen and oxygen atoms in total. The molecular weight excluding hydrogens is 342 g/mol. The molecule has 0 radical (unpaired) electrons. The zero-order chi connectivity index (χ0) is 18.4. The molecule has 0 saturated carbocycles. The maximum Gasteiger partial charge on any atom is 0.319 e. The van der Waals surface area contributed by atoms with Gasteiger partial charge in [0.2, 0.25) is 10.0 Å². The number of rotatable bonds is 7. The normalized spacial score (nSPS) is 15.4. The summed E-state index contributed by atoms with van der Waals surface area (Å²) in [4.78, 5) is 12.2. The van der Waals surface area contributed by atoms with Gasteiger partial charge in [-0.15, -0.1) is 0 Å². The number of hydrogen-bond donors (Lipinski definition) is 2. The summed E-state index contributed by atoms with van der Waals surface area (Å²) in [6, 6.07) is 4.14. The van der Waals surface area contributed by atoms with Crippen LogP contribution in [-0.4, -0.2) is 45.5 Å². The third-order valence-electron chi connectivity index (χ3n) is 4.13. The largest absolute Gasteiger partial charge is 0.495 e. The quantitative estimate of drug-likeness (QED) is 0.773. The maximum absolute atomic E-state index is 12.7. The lowest BCUT2D eigenvalue weighted by atomic mass is 10.1. The van der Waals surface area contributed by atoms with Crippen molar-refractivity contribution in [2.45, 2.75) is 38.0 Å². The fourth-order valence-corrected chi connectivity index (χ4v) is 4.21. The summed E-state index contributed by atoms with van der Waals surface area (Å²) < 4.78 is 32.1. The summed E-state index contributed by atoms with van der Waals surface area (Å²) in [5.74, 6) is 0.906. The molecule has 1 aromatic rings. The first kappa shape index (κ1) is 19.5. The van der Waals surface area contributed by atoms with Crippen molar-refractivity contribution in [2.24, 2.45) is 5.92 Å². The number of benzene rings is 1. The molecule has 1 fully saturated rings. The summed E-state index contributed by atoms with van der Waals surface area (Å²) in [7, 11) is -2.07. The van der Waals surface area contributed by atoms with E-state index >= 15 is 0 Å². The van der Waals surface area contributed by atoms with Crippen molar-refractivity contribution in [1.82, 2.24) is 9.62 Å². The van der Waals surface area contributed by atoms with Crippen LogP contribution < -0.4 is 15.4 Å². The highest BCUT2D eigenvalue weighted by atomic mass is 32.2. The Labute approximate surface area is 149 Å². The van der Waals surface area contributed by atoms with Crippen molar-refractivity contribution in [3.63, 3.8) is 0 Å². The van der Waals surface area contributed by atoms with Crippen molar-refractivity contribution in [3.8, 4) is 5.75 Å². The molecule has 2 rings (SSSR count). The fraction of sp³-hybridized carbons (Fsp3) is 0.588. The second-order valence-corrected chi connectivity index (χ2v) is 8.47. The second kappa shape index (κ2) is 8.53. The van der Waals surface area contributed by atoms with Crippen LogP contribution in [0, 0.1) is 5.92 Å². The molecule has 1 aliphatic heterocycles. The van der Waals surface area contributed by atoms with Gasteiger partial charge in [-0.3, -0.25) is 0 Å². The van der Waals surface area contributed by atoms with E-state index in [9.17, 15) is 13.2 Å². The Balaban J connectivity index is 2.15. The van der Waals surface area contributed by atoms with Crippen molar-refractivity contribution in [2.75, 3.05) is 32.1 Å². The Morgan fingerprint density at radius 1 is 1.28 bits per heavy atom. The second-order valence-electron chi connectivity index (χ2n) is 6.54. The SMILES string of the molecule is COc1ccc(S(=O)(=O)N2CCCC2)cc1NC(=O)NCCC(C)C. The monoisotopic (exact) mass is 369 g/mol. The van der Waals surface area contributed by atoms with Crippen LogP contribution in [0.2, 0.25) is 0 Å². The Kier molecular flexibility index (Phi) is 6.66. The zero-order valence-corrected chi connectivity index (χ0v) is 15.9. The predicted molar refractivity (Wildman–Crippen MR) is 97.5 cm³/mol. The van der Waals surface area contributed by atoms with E-state index in [-0.39, 0.29) is 10.9 Å². The standard InChI is InChI=1S/C17H27N3O4S/c1-13(2)8-9-18-17(21)19-15-12-14(6-7-16(15)24-3)25(22,23)20-10-4-5-11-20/h6-7,12-13H,4-5,8-11H2,1-3H3,(H2,18,19,21). The molecule has 0 unspecified atom stereocenters. The van der Waals surface area contributed by atoms with Gasteiger partial charge in [0, 0.05) is 19.6 Å². The van der Waals surface area contributed by atoms with Gasteiger partial charge in [-0.25, -0.2) is 13.2 Å². The summed E-state index contributed by atoms with van der Waals surface area (Å²) in [6.07, 6.45) is 2.62. The summed E-state index contributed by atoms with van der Waals surface area (Å²) >= 11 is 0. The van der Waals surface area contributed by atoms with Gasteiger partial charge in [0.25, 0.3) is 0 Å². The molecule has 140 valence electrons. The number of methoxy groups -OCH3 is 1. The molecule has 1 aromatic carbocycles. The van der Waals surface area contributed by atoms with Crippen LogP contribution in [0.3, 0.4) is 0 Å². The number of sulfonamides is 1. The minimum Gasteiger partial charge on any atom is -0.495 e. The van der Waals surface area contributed by atoms with E-state index < -0.39 is 10.0 Å². The highest BCUT2D eigenvalue weighted by molar-refractivity contribution is 7.89. The molecule has 25 heavy (non-hydrogen) atoms. The van der Waals surface area contributed by atoms with Gasteiger partial charge in [0.15, 0.2) is 0 Å². The molecule has 0 bridgehead atoms. The first-order valence-electron chi connectivity index (χ1n) is 8.57. The number of carbonyl (C=O) groups is 1. The van der Waals surface area contributed by atoms with Crippen molar-refractivity contribution < 1.29 is 17.9 Å². The lowest BCUT2D eigenvalue weighted by molar-refractivity contribution is 0.251. The average molecular weight is 369 g/mol. The van der Waals surface area contributed by atoms with E-state index in [0.717, 1.165) is 19.3 Å². The van der Waals surface area contributed by atoms with Gasteiger partial charge in [-0.1, -0.05) is 13.8 Å². The molecule has 0 spiro atoms. The smallest absolute Gasteiger partial charge is 0.319 e. The van der Waals surface area contributed by atoms with Gasteiger partial charge < -0.3 is 15.4 Å². The Hall–Kier alpha value is -1.80. The number of hydrogen-bond acceptors (Lipinski definition) is 4. The zero-order valence-electron chi connectivity index (χ0n) is 15.0. The topological polar surface area (TPSA) is 87.7 Å². The number of urea groups is 1. The van der Waals surface area contributed by atoms with E-state index in [1.54, 1.807) is 6.07 Å². The van der Waals surface area contributed by atoms with E-state index in [0.29, 0.717) is 37.0 Å². The molecule has 0 aromatic heterocycles. The van der Waals surface area contributed by atoms with Gasteiger partial charge in [-0.05, 0) is 43.4 Å². The minimum absolute atomic E-state index is 0.160. The molecule has 1 aliphatic rings. The van der Waals surface area contributed by atoms with E-state index in [1.807, 2.05) is 0 Å². The highest BCUT2D eigenvalue weighted by Gasteiger charge is 2.28. The Bertz CT molecular complexity index is 698. The van der Waals surface area contributed by atoms with Gasteiger partial charge in [0.1, 0.15) is 5.75 Å². The minimum atomic E-state index is -3.54. The number of ether oxygens (including phenoxy) is 1. The van der Waals surface area contributed by atoms with Crippen molar-refractivity contribution >= 4 is 21.7 Å². The Morgan fingerprint density at radius 3 is 2.56 bits per heavy atom. The van der Waals surface area contributed by atoms with Crippen molar-refractivity contribution in [3.05, 3.63) is 18.2 Å². The predicted octanol–water partition coefficient (Wildman–Crippen LogP) is 2.65. The van der Waals surface area contributed by atoms with Gasteiger partial charge in [-0.2, -0.15) is 4.31 Å². The van der Waals surface area contributed by atoms with E-state index in [1.165, 1.54) is 23.5 Å². The lowest BCUT2D eigenvalue weighted by Gasteiger charge is -2.17. The summed E-state index contributed by atoms with van der Waals surface area (Å²) in [5, 5.41) is 5.44. The number of anilines is 1. The van der Waals surface area contributed by atoms with Crippen LogP contribution in [-0.2, 0) is 10.0 Å². The number of nitrogens with zero attached hydrogens (tertiary/aromatic N) is 1. The summed E-state index contributed by atoms with van der Waals surface area (Å²) in [5.41, 5.74) is 0.338. The van der Waals surface area contributed by atoms with Crippen LogP contribution >= 0.6 is 0 Å². The molecule has 8 heteroatoms. The van der Waals surface area contributed by atoms with Crippen LogP contribution in [0.15, 0.2) is 23.1 Å². The van der Waals surface area contributed by atoms with Gasteiger partial charge in [0.05, 0.1) is 17.7 Å². The van der Waals surface area contributed by atoms with E-state index in [2.05, 4.69) is 24.5 Å². The van der Waals surface area contributed by atoms with E-state index in [4.69, 9.17) is 4.74 Å². The van der Waals surface area contributed by atoms with Crippen LogP contribution in [0.1, 0.15) is 33.1 Å². The number of nitrogens with one attached hydrogen (secondary N) is 2. The summed E-state index contributed by atoms with van der Waals surface area (Å²) in [6.45, 7) is 5.78. The molecule has 1 saturated heterocycles. The fourth-order valence-electron chi connectivity index (χ4n) is 2.66. The van der Waals surface area contributed by atoms with Crippen molar-refractivity contribution in [1.29, 1.82) is 0 Å². The number of carbonyl (C=O) groups excluding carboxylic acids is 1. The van der Waals surface area contributed by atoms with Crippen LogP contribution in [0.5, 0.6) is 5.75 Å². The highest BCUT2D eigenvalue weighted by Crippen LogP contribution is 2.30. The maximum atomic E-state index is 12.7. The average Bonchev–Trinajstić information content (AvgIpc) is 3.09. The van der Waals surface area contributed by atoms with Crippen LogP contribution in [0.4, 0.5) is 10.5 Å². The molecule has 0 atom stereocenters. The molecule has 2 amide bonds. The third kappa shape index (κ3) is 5.09.